The van der Waals surface area contributed by atoms with Gasteiger partial charge in [0.05, 0.1) is 6.10 Å². The predicted octanol–water partition coefficient (Wildman–Crippen LogP) is 3.32. The fraction of sp³-hybridized carbons (Fsp3) is 0.636. The fourth-order valence-electron chi connectivity index (χ4n) is 1.33. The lowest BCUT2D eigenvalue weighted by Gasteiger charge is -2.13. The average molecular weight is 292 g/mol. The highest BCUT2D eigenvalue weighted by atomic mass is 79.9. The summed E-state index contributed by atoms with van der Waals surface area (Å²) in [5.41, 5.74) is 0. The summed E-state index contributed by atoms with van der Waals surface area (Å²) >= 11 is 5.20. The Morgan fingerprint density at radius 3 is 2.87 bits per heavy atom. The van der Waals surface area contributed by atoms with Crippen LogP contribution in [0.25, 0.3) is 0 Å². The number of aliphatic hydroxyl groups excluding tert-OH is 1. The molecule has 2 N–H and O–H groups in total. The van der Waals surface area contributed by atoms with Gasteiger partial charge >= 0.3 is 0 Å². The van der Waals surface area contributed by atoms with Crippen LogP contribution in [0.2, 0.25) is 0 Å². The van der Waals surface area contributed by atoms with E-state index in [1.165, 1.54) is 4.88 Å². The lowest BCUT2D eigenvalue weighted by Crippen LogP contribution is -2.22. The maximum Gasteiger partial charge on any atom is 0.0549 e. The zero-order chi connectivity index (χ0) is 11.3. The first-order valence-electron chi connectivity index (χ1n) is 5.28. The van der Waals surface area contributed by atoms with Crippen molar-refractivity contribution in [3.63, 3.8) is 0 Å². The third-order valence-electron chi connectivity index (χ3n) is 2.41. The van der Waals surface area contributed by atoms with Gasteiger partial charge in [-0.3, -0.25) is 0 Å². The summed E-state index contributed by atoms with van der Waals surface area (Å²) in [6.07, 6.45) is 1.49. The van der Waals surface area contributed by atoms with Gasteiger partial charge in [-0.2, -0.15) is 0 Å². The Hall–Kier alpha value is 0.1000. The van der Waals surface area contributed by atoms with Crippen LogP contribution in [-0.4, -0.2) is 17.8 Å². The van der Waals surface area contributed by atoms with Crippen LogP contribution in [-0.2, 0) is 0 Å². The highest BCUT2D eigenvalue weighted by molar-refractivity contribution is 9.10. The molecule has 2 atom stereocenters. The summed E-state index contributed by atoms with van der Waals surface area (Å²) < 4.78 is 1.14. The van der Waals surface area contributed by atoms with Crippen LogP contribution in [0.15, 0.2) is 15.9 Å². The molecule has 2 unspecified atom stereocenters. The number of hydrogen-bond donors (Lipinski definition) is 2. The Bertz CT molecular complexity index is 290. The Kier molecular flexibility index (Phi) is 5.82. The molecule has 0 amide bonds. The summed E-state index contributed by atoms with van der Waals surface area (Å²) in [7, 11) is 0. The van der Waals surface area contributed by atoms with E-state index >= 15 is 0 Å². The SMILES string of the molecule is CCC(O)CCNC(C)c1cc(Br)cs1. The molecule has 86 valence electrons. The van der Waals surface area contributed by atoms with E-state index in [2.05, 4.69) is 39.6 Å². The molecular formula is C11H18BrNOS. The Balaban J connectivity index is 2.27. The van der Waals surface area contributed by atoms with Crippen molar-refractivity contribution in [2.45, 2.75) is 38.8 Å². The third-order valence-corrected chi connectivity index (χ3v) is 4.29. The number of nitrogens with one attached hydrogen (secondary N) is 1. The molecule has 0 fully saturated rings. The Labute approximate surface area is 104 Å². The molecule has 0 bridgehead atoms. The van der Waals surface area contributed by atoms with Crippen molar-refractivity contribution < 1.29 is 5.11 Å². The number of thiophene rings is 1. The van der Waals surface area contributed by atoms with Crippen molar-refractivity contribution in [3.05, 3.63) is 20.8 Å². The van der Waals surface area contributed by atoms with Crippen molar-refractivity contribution in [1.29, 1.82) is 0 Å². The predicted molar refractivity (Wildman–Crippen MR) is 69.4 cm³/mol. The molecule has 0 spiro atoms. The van der Waals surface area contributed by atoms with E-state index < -0.39 is 0 Å². The highest BCUT2D eigenvalue weighted by Gasteiger charge is 2.08. The van der Waals surface area contributed by atoms with Crippen molar-refractivity contribution in [1.82, 2.24) is 5.32 Å². The first-order valence-corrected chi connectivity index (χ1v) is 6.96. The van der Waals surface area contributed by atoms with Crippen molar-refractivity contribution in [3.8, 4) is 0 Å². The molecule has 0 aliphatic rings. The van der Waals surface area contributed by atoms with Crippen molar-refractivity contribution in [2.75, 3.05) is 6.54 Å². The summed E-state index contributed by atoms with van der Waals surface area (Å²) in [5, 5.41) is 14.9. The fourth-order valence-corrected chi connectivity index (χ4v) is 2.80. The van der Waals surface area contributed by atoms with Gasteiger partial charge in [0.1, 0.15) is 0 Å². The first kappa shape index (κ1) is 13.2. The van der Waals surface area contributed by atoms with Crippen molar-refractivity contribution >= 4 is 27.3 Å². The topological polar surface area (TPSA) is 32.3 Å². The minimum absolute atomic E-state index is 0.167. The molecule has 2 nitrogen and oxygen atoms in total. The van der Waals surface area contributed by atoms with Crippen LogP contribution in [0.5, 0.6) is 0 Å². The van der Waals surface area contributed by atoms with E-state index in [0.717, 1.165) is 23.9 Å². The second kappa shape index (κ2) is 6.63. The maximum absolute atomic E-state index is 9.40. The van der Waals surface area contributed by atoms with Crippen LogP contribution in [0.1, 0.15) is 37.6 Å². The highest BCUT2D eigenvalue weighted by Crippen LogP contribution is 2.25. The molecule has 0 aliphatic carbocycles. The average Bonchev–Trinajstić information content (AvgIpc) is 2.64. The largest absolute Gasteiger partial charge is 0.393 e. The monoisotopic (exact) mass is 291 g/mol. The number of rotatable bonds is 6. The lowest BCUT2D eigenvalue weighted by atomic mass is 10.2. The summed E-state index contributed by atoms with van der Waals surface area (Å²) in [6.45, 7) is 5.02. The van der Waals surface area contributed by atoms with Crippen LogP contribution >= 0.6 is 27.3 Å². The number of hydrogen-bond acceptors (Lipinski definition) is 3. The van der Waals surface area contributed by atoms with Gasteiger partial charge in [-0.25, -0.2) is 0 Å². The normalized spacial score (nSPS) is 15.2. The molecule has 0 radical (unpaired) electrons. The smallest absolute Gasteiger partial charge is 0.0549 e. The Morgan fingerprint density at radius 2 is 2.33 bits per heavy atom. The van der Waals surface area contributed by atoms with Crippen molar-refractivity contribution in [2.24, 2.45) is 0 Å². The molecule has 0 saturated heterocycles. The van der Waals surface area contributed by atoms with Gasteiger partial charge in [0.25, 0.3) is 0 Å². The standard InChI is InChI=1S/C11H18BrNOS/c1-3-10(14)4-5-13-8(2)11-6-9(12)7-15-11/h6-8,10,13-14H,3-5H2,1-2H3. The molecule has 1 aromatic rings. The summed E-state index contributed by atoms with van der Waals surface area (Å²) in [4.78, 5) is 1.33. The van der Waals surface area contributed by atoms with Gasteiger partial charge in [-0.15, -0.1) is 11.3 Å². The second-order valence-corrected chi connectivity index (χ2v) is 5.55. The van der Waals surface area contributed by atoms with E-state index in [9.17, 15) is 5.11 Å². The van der Waals surface area contributed by atoms with Crippen LogP contribution in [0, 0.1) is 0 Å². The summed E-state index contributed by atoms with van der Waals surface area (Å²) in [5.74, 6) is 0. The van der Waals surface area contributed by atoms with Crippen LogP contribution in [0.4, 0.5) is 0 Å². The lowest BCUT2D eigenvalue weighted by molar-refractivity contribution is 0.159. The maximum atomic E-state index is 9.40. The van der Waals surface area contributed by atoms with E-state index in [-0.39, 0.29) is 6.10 Å². The molecule has 15 heavy (non-hydrogen) atoms. The first-order chi connectivity index (χ1) is 7.13. The van der Waals surface area contributed by atoms with E-state index in [4.69, 9.17) is 0 Å². The molecule has 1 aromatic heterocycles. The molecule has 1 heterocycles. The molecule has 0 aliphatic heterocycles. The molecule has 1 rings (SSSR count). The molecular weight excluding hydrogens is 274 g/mol. The second-order valence-electron chi connectivity index (χ2n) is 3.69. The van der Waals surface area contributed by atoms with Gasteiger partial charge in [-0.05, 0) is 48.3 Å². The molecule has 0 aromatic carbocycles. The van der Waals surface area contributed by atoms with Gasteiger partial charge in [0, 0.05) is 20.8 Å². The van der Waals surface area contributed by atoms with E-state index in [0.29, 0.717) is 6.04 Å². The minimum Gasteiger partial charge on any atom is -0.393 e. The quantitative estimate of drug-likeness (QED) is 0.843. The third kappa shape index (κ3) is 4.64. The zero-order valence-corrected chi connectivity index (χ0v) is 11.6. The van der Waals surface area contributed by atoms with E-state index in [1.54, 1.807) is 11.3 Å². The van der Waals surface area contributed by atoms with Gasteiger partial charge in [0.2, 0.25) is 0 Å². The Morgan fingerprint density at radius 1 is 1.60 bits per heavy atom. The van der Waals surface area contributed by atoms with Crippen LogP contribution in [0.3, 0.4) is 0 Å². The number of aliphatic hydroxyl groups is 1. The summed E-state index contributed by atoms with van der Waals surface area (Å²) in [6, 6.07) is 2.50. The van der Waals surface area contributed by atoms with E-state index in [1.807, 2.05) is 6.92 Å². The molecule has 0 saturated carbocycles. The van der Waals surface area contributed by atoms with Gasteiger partial charge < -0.3 is 10.4 Å². The van der Waals surface area contributed by atoms with Crippen LogP contribution < -0.4 is 5.32 Å². The van der Waals surface area contributed by atoms with Gasteiger partial charge in [0.15, 0.2) is 0 Å². The minimum atomic E-state index is -0.167. The van der Waals surface area contributed by atoms with Gasteiger partial charge in [-0.1, -0.05) is 6.92 Å². The number of halogens is 1. The molecule has 4 heteroatoms. The zero-order valence-electron chi connectivity index (χ0n) is 9.16.